The summed E-state index contributed by atoms with van der Waals surface area (Å²) in [6.07, 6.45) is 0. The number of nitro groups is 1. The van der Waals surface area contributed by atoms with Crippen molar-refractivity contribution in [1.29, 1.82) is 0 Å². The van der Waals surface area contributed by atoms with Crippen LogP contribution >= 0.6 is 11.8 Å². The lowest BCUT2D eigenvalue weighted by atomic mass is 10.3. The van der Waals surface area contributed by atoms with Gasteiger partial charge in [-0.1, -0.05) is 6.92 Å². The van der Waals surface area contributed by atoms with Gasteiger partial charge in [0.25, 0.3) is 5.69 Å². The third-order valence-electron chi connectivity index (χ3n) is 1.70. The summed E-state index contributed by atoms with van der Waals surface area (Å²) in [6.45, 7) is 1.65. The molecule has 1 aromatic rings. The van der Waals surface area contributed by atoms with E-state index in [1.807, 2.05) is 0 Å². The summed E-state index contributed by atoms with van der Waals surface area (Å²) >= 11 is 1.15. The molecule has 1 atom stereocenters. The molecule has 0 fully saturated rings. The minimum absolute atomic E-state index is 0.0841. The van der Waals surface area contributed by atoms with Gasteiger partial charge >= 0.3 is 0 Å². The second kappa shape index (κ2) is 5.09. The highest BCUT2D eigenvalue weighted by atomic mass is 32.2. The Hall–Kier alpha value is -1.14. The third kappa shape index (κ3) is 3.17. The molecular formula is C9H10FNO3S. The molecule has 0 aliphatic rings. The Morgan fingerprint density at radius 1 is 1.67 bits per heavy atom. The van der Waals surface area contributed by atoms with Crippen LogP contribution in [0.5, 0.6) is 0 Å². The maximum Gasteiger partial charge on any atom is 0.285 e. The standard InChI is InChI=1S/C9H10FNO3S/c1-6(5-12)15-9-3-2-7(10)4-8(9)11(13)14/h2-4,6,12H,5H2,1H3/t6-/m1/s1. The van der Waals surface area contributed by atoms with Crippen LogP contribution in [0.4, 0.5) is 10.1 Å². The highest BCUT2D eigenvalue weighted by Crippen LogP contribution is 2.32. The lowest BCUT2D eigenvalue weighted by molar-refractivity contribution is -0.387. The molecule has 82 valence electrons. The average Bonchev–Trinajstić information content (AvgIpc) is 2.20. The summed E-state index contributed by atoms with van der Waals surface area (Å²) in [5.41, 5.74) is -0.264. The first-order chi connectivity index (χ1) is 7.04. The minimum Gasteiger partial charge on any atom is -0.395 e. The molecule has 6 heteroatoms. The van der Waals surface area contributed by atoms with E-state index in [0.29, 0.717) is 4.90 Å². The van der Waals surface area contributed by atoms with E-state index in [4.69, 9.17) is 5.11 Å². The van der Waals surface area contributed by atoms with Crippen LogP contribution in [-0.2, 0) is 0 Å². The van der Waals surface area contributed by atoms with Crippen molar-refractivity contribution in [3.05, 3.63) is 34.1 Å². The zero-order chi connectivity index (χ0) is 11.4. The zero-order valence-electron chi connectivity index (χ0n) is 8.01. The van der Waals surface area contributed by atoms with Gasteiger partial charge < -0.3 is 5.11 Å². The smallest absolute Gasteiger partial charge is 0.285 e. The van der Waals surface area contributed by atoms with E-state index in [2.05, 4.69) is 0 Å². The molecule has 4 nitrogen and oxygen atoms in total. The number of aliphatic hydroxyl groups is 1. The Morgan fingerprint density at radius 3 is 2.87 bits per heavy atom. The number of halogens is 1. The molecule has 0 amide bonds. The van der Waals surface area contributed by atoms with Crippen molar-refractivity contribution in [2.24, 2.45) is 0 Å². The van der Waals surface area contributed by atoms with E-state index in [0.717, 1.165) is 17.8 Å². The number of nitrogens with zero attached hydrogens (tertiary/aromatic N) is 1. The number of rotatable bonds is 4. The highest BCUT2D eigenvalue weighted by molar-refractivity contribution is 8.00. The van der Waals surface area contributed by atoms with Crippen molar-refractivity contribution >= 4 is 17.4 Å². The topological polar surface area (TPSA) is 63.4 Å². The molecule has 0 radical (unpaired) electrons. The van der Waals surface area contributed by atoms with Crippen molar-refractivity contribution in [3.63, 3.8) is 0 Å². The van der Waals surface area contributed by atoms with Gasteiger partial charge in [0.1, 0.15) is 5.82 Å². The molecule has 0 aliphatic carbocycles. The maximum atomic E-state index is 12.8. The Kier molecular flexibility index (Phi) is 4.05. The number of benzene rings is 1. The lowest BCUT2D eigenvalue weighted by Crippen LogP contribution is -2.02. The Morgan fingerprint density at radius 2 is 2.33 bits per heavy atom. The van der Waals surface area contributed by atoms with E-state index >= 15 is 0 Å². The summed E-state index contributed by atoms with van der Waals surface area (Å²) in [4.78, 5) is 10.3. The van der Waals surface area contributed by atoms with Crippen molar-refractivity contribution in [2.75, 3.05) is 6.61 Å². The monoisotopic (exact) mass is 231 g/mol. The van der Waals surface area contributed by atoms with Crippen molar-refractivity contribution in [1.82, 2.24) is 0 Å². The number of hydrogen-bond acceptors (Lipinski definition) is 4. The molecule has 1 rings (SSSR count). The van der Waals surface area contributed by atoms with Crippen molar-refractivity contribution in [2.45, 2.75) is 17.1 Å². The number of hydrogen-bond donors (Lipinski definition) is 1. The molecule has 0 saturated heterocycles. The molecule has 0 saturated carbocycles. The van der Waals surface area contributed by atoms with E-state index in [-0.39, 0.29) is 17.5 Å². The summed E-state index contributed by atoms with van der Waals surface area (Å²) in [5, 5.41) is 19.3. The third-order valence-corrected chi connectivity index (χ3v) is 2.85. The lowest BCUT2D eigenvalue weighted by Gasteiger charge is -2.07. The van der Waals surface area contributed by atoms with Crippen LogP contribution in [-0.4, -0.2) is 21.9 Å². The van der Waals surface area contributed by atoms with Gasteiger partial charge in [-0.25, -0.2) is 4.39 Å². The van der Waals surface area contributed by atoms with Crippen LogP contribution in [0, 0.1) is 15.9 Å². The molecule has 0 unspecified atom stereocenters. The van der Waals surface area contributed by atoms with E-state index in [1.165, 1.54) is 12.1 Å². The molecule has 0 bridgehead atoms. The van der Waals surface area contributed by atoms with Crippen molar-refractivity contribution < 1.29 is 14.4 Å². The molecule has 0 aliphatic heterocycles. The summed E-state index contributed by atoms with van der Waals surface area (Å²) in [5.74, 6) is -0.636. The van der Waals surface area contributed by atoms with E-state index < -0.39 is 10.7 Å². The van der Waals surface area contributed by atoms with Gasteiger partial charge in [0.2, 0.25) is 0 Å². The molecule has 1 aromatic carbocycles. The van der Waals surface area contributed by atoms with E-state index in [9.17, 15) is 14.5 Å². The quantitative estimate of drug-likeness (QED) is 0.490. The fraction of sp³-hybridized carbons (Fsp3) is 0.333. The fourth-order valence-electron chi connectivity index (χ4n) is 0.987. The molecule has 1 N–H and O–H groups in total. The fourth-order valence-corrected chi connectivity index (χ4v) is 1.90. The first-order valence-corrected chi connectivity index (χ1v) is 5.14. The van der Waals surface area contributed by atoms with Crippen LogP contribution in [0.25, 0.3) is 0 Å². The van der Waals surface area contributed by atoms with Gasteiger partial charge in [0.15, 0.2) is 0 Å². The predicted octanol–water partition coefficient (Wildman–Crippen LogP) is 2.21. The first-order valence-electron chi connectivity index (χ1n) is 4.26. The molecule has 0 spiro atoms. The molecule has 0 aromatic heterocycles. The van der Waals surface area contributed by atoms with Crippen molar-refractivity contribution in [3.8, 4) is 0 Å². The van der Waals surface area contributed by atoms with Gasteiger partial charge in [-0.2, -0.15) is 0 Å². The Bertz CT molecular complexity index is 372. The second-order valence-corrected chi connectivity index (χ2v) is 4.46. The van der Waals surface area contributed by atoms with Gasteiger partial charge in [-0.05, 0) is 12.1 Å². The molecule has 15 heavy (non-hydrogen) atoms. The Labute approximate surface area is 90.3 Å². The highest BCUT2D eigenvalue weighted by Gasteiger charge is 2.17. The van der Waals surface area contributed by atoms with Crippen LogP contribution in [0.2, 0.25) is 0 Å². The number of nitro benzene ring substituents is 1. The van der Waals surface area contributed by atoms with Crippen LogP contribution < -0.4 is 0 Å². The minimum atomic E-state index is -0.636. The zero-order valence-corrected chi connectivity index (χ0v) is 8.83. The van der Waals surface area contributed by atoms with Gasteiger partial charge in [-0.3, -0.25) is 10.1 Å². The normalized spacial score (nSPS) is 12.5. The van der Waals surface area contributed by atoms with Crippen LogP contribution in [0.1, 0.15) is 6.92 Å². The molecular weight excluding hydrogens is 221 g/mol. The van der Waals surface area contributed by atoms with Crippen LogP contribution in [0.15, 0.2) is 23.1 Å². The van der Waals surface area contributed by atoms with Gasteiger partial charge in [-0.15, -0.1) is 11.8 Å². The predicted molar refractivity (Wildman–Crippen MR) is 55.5 cm³/mol. The van der Waals surface area contributed by atoms with Crippen LogP contribution in [0.3, 0.4) is 0 Å². The van der Waals surface area contributed by atoms with Gasteiger partial charge in [0.05, 0.1) is 22.5 Å². The largest absolute Gasteiger partial charge is 0.395 e. The van der Waals surface area contributed by atoms with Gasteiger partial charge in [0, 0.05) is 5.25 Å². The summed E-state index contributed by atoms with van der Waals surface area (Å²) < 4.78 is 12.8. The molecule has 0 heterocycles. The number of aliphatic hydroxyl groups excluding tert-OH is 1. The summed E-state index contributed by atoms with van der Waals surface area (Å²) in [6, 6.07) is 3.40. The summed E-state index contributed by atoms with van der Waals surface area (Å²) in [7, 11) is 0. The maximum absolute atomic E-state index is 12.8. The van der Waals surface area contributed by atoms with E-state index in [1.54, 1.807) is 6.92 Å². The first kappa shape index (κ1) is 11.9. The average molecular weight is 231 g/mol. The SMILES string of the molecule is C[C@H](CO)Sc1ccc(F)cc1[N+](=O)[O-]. The number of thioether (sulfide) groups is 1. The Balaban J connectivity index is 3.01. The second-order valence-electron chi connectivity index (χ2n) is 2.98.